The molecule has 9 rings (SSSR count). The van der Waals surface area contributed by atoms with Crippen molar-refractivity contribution in [1.82, 2.24) is 9.13 Å². The molecule has 0 aliphatic heterocycles. The lowest BCUT2D eigenvalue weighted by molar-refractivity contribution is 1.18. The molecule has 0 atom stereocenters. The van der Waals surface area contributed by atoms with Crippen molar-refractivity contribution < 1.29 is 0 Å². The van der Waals surface area contributed by atoms with Gasteiger partial charge in [0, 0.05) is 27.5 Å². The Hall–Kier alpha value is -7.39. The molecule has 50 heavy (non-hydrogen) atoms. The molecular formula is C45H25N5. The molecule has 7 aromatic carbocycles. The average molecular weight is 636 g/mol. The Kier molecular flexibility index (Phi) is 6.56. The highest BCUT2D eigenvalue weighted by Gasteiger charge is 2.22. The van der Waals surface area contributed by atoms with Crippen LogP contribution in [0.4, 0.5) is 17.1 Å². The van der Waals surface area contributed by atoms with Gasteiger partial charge in [0.25, 0.3) is 0 Å². The maximum Gasteiger partial charge on any atom is 0.218 e. The molecule has 0 saturated carbocycles. The molecule has 0 unspecified atom stereocenters. The predicted octanol–water partition coefficient (Wildman–Crippen LogP) is 12.9. The summed E-state index contributed by atoms with van der Waals surface area (Å²) in [6.07, 6.45) is 0. The second kappa shape index (κ2) is 11.4. The van der Waals surface area contributed by atoms with E-state index in [2.05, 4.69) is 121 Å². The zero-order valence-electron chi connectivity index (χ0n) is 26.7. The number of aromatic nitrogens is 2. The zero-order chi connectivity index (χ0) is 33.8. The van der Waals surface area contributed by atoms with Crippen LogP contribution in [0.3, 0.4) is 0 Å². The highest BCUT2D eigenvalue weighted by atomic mass is 15.0. The van der Waals surface area contributed by atoms with Crippen LogP contribution in [0, 0.1) is 19.7 Å². The van der Waals surface area contributed by atoms with Gasteiger partial charge in [-0.25, -0.2) is 9.69 Å². The quantitative estimate of drug-likeness (QED) is 0.172. The highest BCUT2D eigenvalue weighted by molar-refractivity contribution is 6.12. The van der Waals surface area contributed by atoms with Crippen molar-refractivity contribution >= 4 is 60.7 Å². The van der Waals surface area contributed by atoms with E-state index in [0.29, 0.717) is 22.7 Å². The maximum absolute atomic E-state index is 8.22. The second-order valence-corrected chi connectivity index (χ2v) is 12.2. The number of fused-ring (bicyclic) bond motifs is 6. The van der Waals surface area contributed by atoms with Crippen molar-refractivity contribution in [1.29, 1.82) is 0 Å². The molecule has 5 heteroatoms. The Morgan fingerprint density at radius 1 is 0.400 bits per heavy atom. The van der Waals surface area contributed by atoms with Gasteiger partial charge in [0.05, 0.1) is 41.8 Å². The van der Waals surface area contributed by atoms with E-state index in [1.165, 1.54) is 21.8 Å². The lowest BCUT2D eigenvalue weighted by Gasteiger charge is -2.18. The van der Waals surface area contributed by atoms with Gasteiger partial charge in [0.2, 0.25) is 5.69 Å². The van der Waals surface area contributed by atoms with E-state index in [-0.39, 0.29) is 0 Å². The first-order chi connectivity index (χ1) is 24.7. The minimum atomic E-state index is 0.303. The van der Waals surface area contributed by atoms with Crippen LogP contribution in [0.2, 0.25) is 0 Å². The van der Waals surface area contributed by atoms with Gasteiger partial charge < -0.3 is 9.13 Å². The van der Waals surface area contributed by atoms with E-state index in [4.69, 9.17) is 19.7 Å². The number of rotatable bonds is 4. The van der Waals surface area contributed by atoms with Crippen LogP contribution < -0.4 is 0 Å². The van der Waals surface area contributed by atoms with Crippen molar-refractivity contribution in [3.8, 4) is 33.6 Å². The first kappa shape index (κ1) is 28.8. The number of benzene rings is 7. The fourth-order valence-electron chi connectivity index (χ4n) is 7.37. The van der Waals surface area contributed by atoms with Crippen LogP contribution in [0.15, 0.2) is 152 Å². The fraction of sp³-hybridized carbons (Fsp3) is 0. The Morgan fingerprint density at radius 3 is 1.64 bits per heavy atom. The fourth-order valence-corrected chi connectivity index (χ4v) is 7.37. The molecule has 0 spiro atoms. The third kappa shape index (κ3) is 4.31. The second-order valence-electron chi connectivity index (χ2n) is 12.2. The number of nitrogens with zero attached hydrogens (tertiary/aromatic N) is 5. The van der Waals surface area contributed by atoms with Crippen LogP contribution >= 0.6 is 0 Å². The van der Waals surface area contributed by atoms with Crippen molar-refractivity contribution in [2.24, 2.45) is 0 Å². The summed E-state index contributed by atoms with van der Waals surface area (Å²) in [6, 6.07) is 51.5. The number of hydrogen-bond acceptors (Lipinski definition) is 0. The Labute approximate surface area is 288 Å². The maximum atomic E-state index is 8.22. The van der Waals surface area contributed by atoms with Crippen LogP contribution in [0.1, 0.15) is 0 Å². The van der Waals surface area contributed by atoms with E-state index >= 15 is 0 Å². The minimum absolute atomic E-state index is 0.303. The van der Waals surface area contributed by atoms with Crippen LogP contribution in [-0.2, 0) is 0 Å². The molecule has 0 fully saturated rings. The number of para-hydroxylation sites is 3. The predicted molar refractivity (Wildman–Crippen MR) is 205 cm³/mol. The largest absolute Gasteiger partial charge is 0.320 e. The Bertz CT molecular complexity index is 2900. The topological polar surface area (TPSA) is 22.9 Å². The molecular weight excluding hydrogens is 611 g/mol. The SMILES string of the molecule is [C-]#[N+]c1ccc2c(c1)c1ccccc1n2-c1c(-c2ccc(-c3cccc(-n4c5ccccc5c5ccccc54)c3)cc2)ccc([N+]#[C-])c1[N+]#[C-]. The van der Waals surface area contributed by atoms with Gasteiger partial charge in [-0.2, -0.15) is 0 Å². The molecule has 2 heterocycles. The normalized spacial score (nSPS) is 11.1. The van der Waals surface area contributed by atoms with Gasteiger partial charge in [0.15, 0.2) is 11.4 Å². The molecule has 0 saturated heterocycles. The van der Waals surface area contributed by atoms with Crippen molar-refractivity contribution in [3.63, 3.8) is 0 Å². The number of hydrogen-bond donors (Lipinski definition) is 0. The monoisotopic (exact) mass is 635 g/mol. The van der Waals surface area contributed by atoms with E-state index in [1.807, 2.05) is 48.5 Å². The zero-order valence-corrected chi connectivity index (χ0v) is 26.7. The molecule has 0 radical (unpaired) electrons. The summed E-state index contributed by atoms with van der Waals surface area (Å²) in [4.78, 5) is 11.3. The van der Waals surface area contributed by atoms with Crippen LogP contribution in [0.25, 0.3) is 91.8 Å². The average Bonchev–Trinajstić information content (AvgIpc) is 3.70. The van der Waals surface area contributed by atoms with Gasteiger partial charge >= 0.3 is 0 Å². The van der Waals surface area contributed by atoms with Gasteiger partial charge in [-0.1, -0.05) is 109 Å². The molecule has 5 nitrogen and oxygen atoms in total. The van der Waals surface area contributed by atoms with Gasteiger partial charge in [-0.3, -0.25) is 4.85 Å². The first-order valence-corrected chi connectivity index (χ1v) is 16.2. The summed E-state index contributed by atoms with van der Waals surface area (Å²) in [5.74, 6) is 0. The van der Waals surface area contributed by atoms with Crippen molar-refractivity contribution in [2.45, 2.75) is 0 Å². The molecule has 230 valence electrons. The summed E-state index contributed by atoms with van der Waals surface area (Å²) in [5.41, 5.74) is 11.0. The third-order valence-corrected chi connectivity index (χ3v) is 9.58. The van der Waals surface area contributed by atoms with Gasteiger partial charge in [-0.05, 0) is 70.1 Å². The minimum Gasteiger partial charge on any atom is -0.320 e. The molecule has 0 aliphatic rings. The third-order valence-electron chi connectivity index (χ3n) is 9.58. The van der Waals surface area contributed by atoms with Crippen molar-refractivity contribution in [2.75, 3.05) is 0 Å². The Morgan fingerprint density at radius 2 is 1.00 bits per heavy atom. The van der Waals surface area contributed by atoms with Crippen LogP contribution in [0.5, 0.6) is 0 Å². The summed E-state index contributed by atoms with van der Waals surface area (Å²) in [7, 11) is 0. The summed E-state index contributed by atoms with van der Waals surface area (Å²) in [5, 5.41) is 4.38. The summed E-state index contributed by atoms with van der Waals surface area (Å²) < 4.78 is 4.41. The van der Waals surface area contributed by atoms with E-state index in [1.54, 1.807) is 6.07 Å². The molecule has 0 bridgehead atoms. The van der Waals surface area contributed by atoms with Crippen LogP contribution in [-0.4, -0.2) is 9.13 Å². The Balaban J connectivity index is 1.20. The van der Waals surface area contributed by atoms with Crippen molar-refractivity contribution in [3.05, 3.63) is 186 Å². The molecule has 0 aliphatic carbocycles. The molecule has 9 aromatic rings. The lowest BCUT2D eigenvalue weighted by Crippen LogP contribution is -1.98. The smallest absolute Gasteiger partial charge is 0.218 e. The summed E-state index contributed by atoms with van der Waals surface area (Å²) >= 11 is 0. The first-order valence-electron chi connectivity index (χ1n) is 16.2. The standard InChI is InChI=1S/C45H25N5/c1-46-32-23-26-43-38(28-32)37-15-6-9-18-42(37)50(43)45-34(24-25-39(47-2)44(45)48-3)30-21-19-29(20-22-30)31-11-10-12-33(27-31)49-40-16-7-4-13-35(40)36-14-5-8-17-41(36)49/h4-28H. The van der Waals surface area contributed by atoms with Gasteiger partial charge in [0.1, 0.15) is 0 Å². The van der Waals surface area contributed by atoms with E-state index in [9.17, 15) is 0 Å². The highest BCUT2D eigenvalue weighted by Crippen LogP contribution is 2.46. The van der Waals surface area contributed by atoms with Gasteiger partial charge in [-0.15, -0.1) is 0 Å². The molecule has 0 amide bonds. The van der Waals surface area contributed by atoms with E-state index in [0.717, 1.165) is 49.7 Å². The summed E-state index contributed by atoms with van der Waals surface area (Å²) in [6.45, 7) is 23.7. The van der Waals surface area contributed by atoms with E-state index < -0.39 is 0 Å². The molecule has 0 N–H and O–H groups in total. The molecule has 2 aromatic heterocycles. The lowest BCUT2D eigenvalue weighted by atomic mass is 9.97.